The Balaban J connectivity index is 3.18. The van der Waals surface area contributed by atoms with Crippen molar-refractivity contribution >= 4 is 7.82 Å². The number of hydrogen-bond donors (Lipinski definition) is 1. The first-order chi connectivity index (χ1) is 12.6. The van der Waals surface area contributed by atoms with Gasteiger partial charge >= 0.3 is 7.82 Å². The maximum atomic E-state index is 11.3. The number of rotatable bonds is 21. The van der Waals surface area contributed by atoms with Crippen LogP contribution in [-0.2, 0) is 23.7 Å². The molecule has 0 saturated carbocycles. The van der Waals surface area contributed by atoms with Gasteiger partial charge in [0.2, 0.25) is 0 Å². The molecule has 0 rings (SSSR count). The molecular formula is C19H41O6P. The van der Waals surface area contributed by atoms with Gasteiger partial charge in [-0.25, -0.2) is 14.3 Å². The Kier molecular flexibility index (Phi) is 19.8. The highest BCUT2D eigenvalue weighted by Crippen LogP contribution is 2.43. The fourth-order valence-electron chi connectivity index (χ4n) is 2.66. The summed E-state index contributed by atoms with van der Waals surface area (Å²) in [6, 6.07) is 0. The molecule has 0 saturated heterocycles. The zero-order valence-electron chi connectivity index (χ0n) is 17.0. The Morgan fingerprint density at radius 1 is 0.577 bits per heavy atom. The number of unbranched alkanes of at least 4 members (excludes halogenated alkanes) is 13. The normalized spacial score (nSPS) is 13.8. The van der Waals surface area contributed by atoms with Crippen LogP contribution in [0, 0.1) is 0 Å². The van der Waals surface area contributed by atoms with Gasteiger partial charge in [0.1, 0.15) is 0 Å². The summed E-state index contributed by atoms with van der Waals surface area (Å²) in [5.41, 5.74) is 0. The van der Waals surface area contributed by atoms with E-state index in [0.29, 0.717) is 6.42 Å². The molecule has 0 aliphatic carbocycles. The molecule has 0 heterocycles. The van der Waals surface area contributed by atoms with E-state index in [9.17, 15) is 9.46 Å². The summed E-state index contributed by atoms with van der Waals surface area (Å²) in [6.07, 6.45) is 18.6. The highest BCUT2D eigenvalue weighted by Gasteiger charge is 2.24. The van der Waals surface area contributed by atoms with Crippen LogP contribution in [0.5, 0.6) is 0 Å². The first kappa shape index (κ1) is 26.0. The average molecular weight is 397 g/mol. The maximum absolute atomic E-state index is 11.3. The van der Waals surface area contributed by atoms with E-state index in [0.717, 1.165) is 19.3 Å². The molecule has 158 valence electrons. The highest BCUT2D eigenvalue weighted by molar-refractivity contribution is 7.47. The predicted molar refractivity (Wildman–Crippen MR) is 105 cm³/mol. The Hall–Kier alpha value is 0.0300. The van der Waals surface area contributed by atoms with Gasteiger partial charge in [-0.05, 0) is 12.8 Å². The average Bonchev–Trinajstić information content (AvgIpc) is 2.61. The molecule has 0 aliphatic rings. The minimum Gasteiger partial charge on any atom is -0.299 e. The SMILES string of the molecule is CCCCCCCCCCCCCCCCOOP(=O)(O)OOCCC. The second-order valence-corrected chi connectivity index (χ2v) is 8.09. The van der Waals surface area contributed by atoms with Gasteiger partial charge in [0.05, 0.1) is 13.2 Å². The van der Waals surface area contributed by atoms with E-state index in [1.165, 1.54) is 70.6 Å². The van der Waals surface area contributed by atoms with Gasteiger partial charge in [0.25, 0.3) is 0 Å². The van der Waals surface area contributed by atoms with Gasteiger partial charge in [-0.2, -0.15) is 0 Å². The standard InChI is InChI=1S/C19H41O6P/c1-3-5-6-7-8-9-10-11-12-13-14-15-16-17-19-23-25-26(20,21)24-22-18-4-2/h3-19H2,1-2H3,(H,20,21). The van der Waals surface area contributed by atoms with Crippen molar-refractivity contribution in [3.05, 3.63) is 0 Å². The van der Waals surface area contributed by atoms with E-state index >= 15 is 0 Å². The van der Waals surface area contributed by atoms with Gasteiger partial charge in [0, 0.05) is 0 Å². The zero-order valence-corrected chi connectivity index (χ0v) is 17.9. The summed E-state index contributed by atoms with van der Waals surface area (Å²) in [6.45, 7) is 4.62. The summed E-state index contributed by atoms with van der Waals surface area (Å²) in [5.74, 6) is 0. The van der Waals surface area contributed by atoms with Crippen molar-refractivity contribution in [3.63, 3.8) is 0 Å². The first-order valence-corrected chi connectivity index (χ1v) is 12.1. The van der Waals surface area contributed by atoms with E-state index in [4.69, 9.17) is 4.89 Å². The molecule has 0 aliphatic heterocycles. The quantitative estimate of drug-likeness (QED) is 0.0987. The molecule has 0 bridgehead atoms. The third-order valence-corrected chi connectivity index (χ3v) is 4.75. The lowest BCUT2D eigenvalue weighted by atomic mass is 10.0. The first-order valence-electron chi connectivity index (χ1n) is 10.6. The molecule has 0 aromatic heterocycles. The highest BCUT2D eigenvalue weighted by atomic mass is 31.2. The molecule has 1 unspecified atom stereocenters. The molecule has 0 aromatic carbocycles. The lowest BCUT2D eigenvalue weighted by Gasteiger charge is -2.09. The van der Waals surface area contributed by atoms with Crippen molar-refractivity contribution in [2.75, 3.05) is 13.2 Å². The van der Waals surface area contributed by atoms with E-state index in [1.54, 1.807) is 0 Å². The van der Waals surface area contributed by atoms with Crippen LogP contribution in [0.4, 0.5) is 0 Å². The van der Waals surface area contributed by atoms with Crippen molar-refractivity contribution in [2.24, 2.45) is 0 Å². The van der Waals surface area contributed by atoms with Crippen molar-refractivity contribution in [1.82, 2.24) is 0 Å². The van der Waals surface area contributed by atoms with Crippen molar-refractivity contribution < 1.29 is 28.6 Å². The summed E-state index contributed by atoms with van der Waals surface area (Å²) in [4.78, 5) is 18.4. The summed E-state index contributed by atoms with van der Waals surface area (Å²) in [5, 5.41) is 0. The second kappa shape index (κ2) is 19.8. The smallest absolute Gasteiger partial charge is 0.299 e. The Morgan fingerprint density at radius 2 is 0.962 bits per heavy atom. The van der Waals surface area contributed by atoms with Crippen LogP contribution < -0.4 is 0 Å². The molecule has 7 heteroatoms. The monoisotopic (exact) mass is 396 g/mol. The zero-order chi connectivity index (χ0) is 19.3. The van der Waals surface area contributed by atoms with Crippen LogP contribution in [0.1, 0.15) is 110 Å². The molecule has 0 radical (unpaired) electrons. The second-order valence-electron chi connectivity index (χ2n) is 6.86. The minimum absolute atomic E-state index is 0.229. The maximum Gasteiger partial charge on any atom is 0.526 e. The lowest BCUT2D eigenvalue weighted by Crippen LogP contribution is -2.00. The number of phosphoric acid groups is 1. The van der Waals surface area contributed by atoms with Gasteiger partial charge in [-0.1, -0.05) is 97.3 Å². The van der Waals surface area contributed by atoms with Crippen LogP contribution in [-0.4, -0.2) is 18.1 Å². The molecule has 26 heavy (non-hydrogen) atoms. The van der Waals surface area contributed by atoms with Crippen LogP contribution >= 0.6 is 7.82 Å². The molecule has 0 spiro atoms. The van der Waals surface area contributed by atoms with Crippen LogP contribution in [0.15, 0.2) is 0 Å². The summed E-state index contributed by atoms with van der Waals surface area (Å²) >= 11 is 0. The molecular weight excluding hydrogens is 355 g/mol. The van der Waals surface area contributed by atoms with Crippen molar-refractivity contribution in [1.29, 1.82) is 0 Å². The molecule has 0 amide bonds. The van der Waals surface area contributed by atoms with Gasteiger partial charge < -0.3 is 0 Å². The van der Waals surface area contributed by atoms with E-state index < -0.39 is 7.82 Å². The summed E-state index contributed by atoms with van der Waals surface area (Å²) < 4.78 is 19.9. The van der Waals surface area contributed by atoms with E-state index in [1.807, 2.05) is 6.92 Å². The Bertz CT molecular complexity index is 327. The Labute approximate surface area is 160 Å². The van der Waals surface area contributed by atoms with Crippen molar-refractivity contribution in [2.45, 2.75) is 110 Å². The number of hydrogen-bond acceptors (Lipinski definition) is 5. The fourth-order valence-corrected chi connectivity index (χ4v) is 3.10. The molecule has 1 atom stereocenters. The predicted octanol–water partition coefficient (Wildman–Crippen LogP) is 6.87. The summed E-state index contributed by atoms with van der Waals surface area (Å²) in [7, 11) is -4.25. The Morgan fingerprint density at radius 3 is 1.38 bits per heavy atom. The van der Waals surface area contributed by atoms with Crippen molar-refractivity contribution in [3.8, 4) is 0 Å². The topological polar surface area (TPSA) is 74.2 Å². The largest absolute Gasteiger partial charge is 0.526 e. The fraction of sp³-hybridized carbons (Fsp3) is 1.00. The van der Waals surface area contributed by atoms with Gasteiger partial charge in [0.15, 0.2) is 0 Å². The van der Waals surface area contributed by atoms with Gasteiger partial charge in [-0.15, -0.1) is 9.35 Å². The van der Waals surface area contributed by atoms with E-state index in [-0.39, 0.29) is 13.2 Å². The van der Waals surface area contributed by atoms with Crippen LogP contribution in [0.3, 0.4) is 0 Å². The molecule has 0 aromatic rings. The third-order valence-electron chi connectivity index (χ3n) is 4.16. The molecule has 0 fully saturated rings. The minimum atomic E-state index is -4.25. The molecule has 6 nitrogen and oxygen atoms in total. The molecule has 1 N–H and O–H groups in total. The van der Waals surface area contributed by atoms with Crippen LogP contribution in [0.25, 0.3) is 0 Å². The van der Waals surface area contributed by atoms with Gasteiger partial charge in [-0.3, -0.25) is 4.89 Å². The van der Waals surface area contributed by atoms with Crippen LogP contribution in [0.2, 0.25) is 0 Å². The lowest BCUT2D eigenvalue weighted by molar-refractivity contribution is -0.279. The third kappa shape index (κ3) is 20.3. The van der Waals surface area contributed by atoms with E-state index in [2.05, 4.69) is 21.2 Å².